The van der Waals surface area contributed by atoms with Gasteiger partial charge in [-0.15, -0.1) is 6.61 Å². The maximum atomic E-state index is 8.93. The van der Waals surface area contributed by atoms with E-state index >= 15 is 0 Å². The van der Waals surface area contributed by atoms with Gasteiger partial charge in [-0.2, -0.15) is 0 Å². The smallest absolute Gasteiger partial charge is 0.855 e. The zero-order valence-electron chi connectivity index (χ0n) is 6.09. The third-order valence-corrected chi connectivity index (χ3v) is 0.158. The van der Waals surface area contributed by atoms with Gasteiger partial charge in [0.05, 0.1) is 0 Å². The van der Waals surface area contributed by atoms with Crippen molar-refractivity contribution in [2.45, 2.75) is 13.8 Å². The number of nitrogens with zero attached hydrogens (tertiary/aromatic N) is 1. The van der Waals surface area contributed by atoms with Crippen molar-refractivity contribution in [3.63, 3.8) is 0 Å². The van der Waals surface area contributed by atoms with Crippen molar-refractivity contribution >= 4 is 5.84 Å². The van der Waals surface area contributed by atoms with Gasteiger partial charge in [-0.3, -0.25) is 0 Å². The molecule has 0 aliphatic heterocycles. The van der Waals surface area contributed by atoms with Gasteiger partial charge in [0.1, 0.15) is 5.84 Å². The number of oxime groups is 1. The summed E-state index contributed by atoms with van der Waals surface area (Å²) in [6.45, 7) is 3.07. The quantitative estimate of drug-likeness (QED) is 0.119. The van der Waals surface area contributed by atoms with E-state index < -0.39 is 0 Å². The van der Waals surface area contributed by atoms with E-state index in [1.807, 2.05) is 0 Å². The molecule has 0 heterocycles. The maximum absolute atomic E-state index is 8.93. The molecule has 0 atom stereocenters. The minimum Gasteiger partial charge on any atom is -0.855 e. The first-order valence-electron chi connectivity index (χ1n) is 2.21. The van der Waals surface area contributed by atoms with E-state index in [0.717, 1.165) is 0 Å². The van der Waals surface area contributed by atoms with Crippen molar-refractivity contribution in [1.82, 2.24) is 0 Å². The largest absolute Gasteiger partial charge is 1.00 e. The molecule has 0 saturated heterocycles. The fourth-order valence-corrected chi connectivity index (χ4v) is 0. The van der Waals surface area contributed by atoms with Gasteiger partial charge in [-0.1, -0.05) is 12.1 Å². The van der Waals surface area contributed by atoms with Crippen LogP contribution in [0, 0.1) is 0 Å². The summed E-state index contributed by atoms with van der Waals surface area (Å²) in [5.41, 5.74) is 4.79. The zero-order chi connectivity index (χ0) is 6.99. The summed E-state index contributed by atoms with van der Waals surface area (Å²) in [5.74, 6) is 0.185. The molecule has 0 saturated carbocycles. The van der Waals surface area contributed by atoms with Gasteiger partial charge in [0.15, 0.2) is 0 Å². The van der Waals surface area contributed by atoms with Gasteiger partial charge in [0.2, 0.25) is 0 Å². The SMILES string of the molecule is CC(N)=NO.CC[O-].[Na+]. The van der Waals surface area contributed by atoms with Crippen LogP contribution in [0.1, 0.15) is 13.8 Å². The summed E-state index contributed by atoms with van der Waals surface area (Å²) in [6.07, 6.45) is 0. The Hall–Kier alpha value is 0.230. The Bertz CT molecular complexity index is 63.6. The van der Waals surface area contributed by atoms with Gasteiger partial charge >= 0.3 is 29.6 Å². The van der Waals surface area contributed by atoms with Crippen LogP contribution < -0.4 is 40.4 Å². The summed E-state index contributed by atoms with van der Waals surface area (Å²) in [6, 6.07) is 0. The van der Waals surface area contributed by atoms with Crippen molar-refractivity contribution in [2.75, 3.05) is 6.61 Å². The first-order chi connectivity index (χ1) is 3.68. The molecule has 9 heavy (non-hydrogen) atoms. The molecule has 0 radical (unpaired) electrons. The van der Waals surface area contributed by atoms with Crippen LogP contribution >= 0.6 is 0 Å². The first-order valence-corrected chi connectivity index (χ1v) is 2.21. The predicted octanol–water partition coefficient (Wildman–Crippen LogP) is -3.88. The van der Waals surface area contributed by atoms with Crippen molar-refractivity contribution in [3.8, 4) is 0 Å². The zero-order valence-corrected chi connectivity index (χ0v) is 8.09. The van der Waals surface area contributed by atoms with Crippen LogP contribution in [0.3, 0.4) is 0 Å². The molecule has 0 unspecified atom stereocenters. The van der Waals surface area contributed by atoms with Crippen LogP contribution in [0.15, 0.2) is 5.16 Å². The molecular weight excluding hydrogens is 131 g/mol. The summed E-state index contributed by atoms with van der Waals surface area (Å²) < 4.78 is 0. The standard InChI is InChI=1S/C2H6N2O.C2H5O.Na/c1-2(3)4-5;1-2-3;/h5H,1H3,(H2,3,4);2H2,1H3;/q;-1;+1. The molecule has 4 nitrogen and oxygen atoms in total. The summed E-state index contributed by atoms with van der Waals surface area (Å²) in [4.78, 5) is 0. The molecule has 0 fully saturated rings. The Morgan fingerprint density at radius 1 is 1.78 bits per heavy atom. The molecule has 0 aromatic rings. The molecule has 3 N–H and O–H groups in total. The number of nitrogens with two attached hydrogens (primary N) is 1. The third kappa shape index (κ3) is 64.2. The molecule has 0 aromatic carbocycles. The number of rotatable bonds is 0. The molecule has 0 aliphatic rings. The van der Waals surface area contributed by atoms with E-state index in [1.165, 1.54) is 6.92 Å². The summed E-state index contributed by atoms with van der Waals surface area (Å²) in [5, 5.41) is 19.1. The van der Waals surface area contributed by atoms with Crippen LogP contribution in [-0.2, 0) is 0 Å². The molecule has 5 heteroatoms. The fraction of sp³-hybridized carbons (Fsp3) is 0.750. The monoisotopic (exact) mass is 142 g/mol. The third-order valence-electron chi connectivity index (χ3n) is 0.158. The van der Waals surface area contributed by atoms with Crippen LogP contribution in [-0.4, -0.2) is 17.6 Å². The second-order valence-electron chi connectivity index (χ2n) is 1.03. The molecule has 0 bridgehead atoms. The average molecular weight is 142 g/mol. The molecule has 50 valence electrons. The Kier molecular flexibility index (Phi) is 28.1. The normalized spacial score (nSPS) is 8.56. The van der Waals surface area contributed by atoms with Gasteiger partial charge in [0.25, 0.3) is 0 Å². The number of amidine groups is 1. The van der Waals surface area contributed by atoms with Crippen molar-refractivity contribution in [2.24, 2.45) is 10.9 Å². The predicted molar refractivity (Wildman–Crippen MR) is 29.6 cm³/mol. The van der Waals surface area contributed by atoms with E-state index in [0.29, 0.717) is 0 Å². The molecular formula is C4H11N2NaO2. The maximum Gasteiger partial charge on any atom is 1.00 e. The van der Waals surface area contributed by atoms with E-state index in [4.69, 9.17) is 16.0 Å². The van der Waals surface area contributed by atoms with Gasteiger partial charge in [0, 0.05) is 0 Å². The summed E-state index contributed by atoms with van der Waals surface area (Å²) in [7, 11) is 0. The van der Waals surface area contributed by atoms with Gasteiger partial charge in [-0.05, 0) is 6.92 Å². The van der Waals surface area contributed by atoms with E-state index in [-0.39, 0.29) is 42.0 Å². The van der Waals surface area contributed by atoms with Gasteiger partial charge in [-0.25, -0.2) is 0 Å². The first kappa shape index (κ1) is 16.1. The molecule has 0 aromatic heterocycles. The van der Waals surface area contributed by atoms with Crippen molar-refractivity contribution < 1.29 is 39.9 Å². The number of hydrogen-bond acceptors (Lipinski definition) is 3. The minimum atomic E-state index is 0. The second-order valence-corrected chi connectivity index (χ2v) is 1.03. The van der Waals surface area contributed by atoms with Crippen LogP contribution in [0.25, 0.3) is 0 Å². The minimum absolute atomic E-state index is 0. The van der Waals surface area contributed by atoms with Gasteiger partial charge < -0.3 is 16.0 Å². The number of hydrogen-bond donors (Lipinski definition) is 2. The van der Waals surface area contributed by atoms with E-state index in [1.54, 1.807) is 6.92 Å². The Balaban J connectivity index is -0.0000000800. The van der Waals surface area contributed by atoms with Crippen molar-refractivity contribution in [1.29, 1.82) is 0 Å². The Morgan fingerprint density at radius 3 is 1.89 bits per heavy atom. The average Bonchev–Trinajstić information content (AvgIpc) is 1.69. The Morgan fingerprint density at radius 2 is 1.89 bits per heavy atom. The topological polar surface area (TPSA) is 81.7 Å². The van der Waals surface area contributed by atoms with Crippen LogP contribution in [0.4, 0.5) is 0 Å². The fourth-order valence-electron chi connectivity index (χ4n) is 0. The van der Waals surface area contributed by atoms with Crippen LogP contribution in [0.5, 0.6) is 0 Å². The van der Waals surface area contributed by atoms with Crippen LogP contribution in [0.2, 0.25) is 0 Å². The summed E-state index contributed by atoms with van der Waals surface area (Å²) >= 11 is 0. The second kappa shape index (κ2) is 15.7. The Labute approximate surface area is 77.0 Å². The molecule has 0 amide bonds. The van der Waals surface area contributed by atoms with Crippen molar-refractivity contribution in [3.05, 3.63) is 0 Å². The molecule has 0 spiro atoms. The van der Waals surface area contributed by atoms with E-state index in [2.05, 4.69) is 5.16 Å². The molecule has 0 rings (SSSR count). The molecule has 0 aliphatic carbocycles. The van der Waals surface area contributed by atoms with E-state index in [9.17, 15) is 0 Å².